The molecule has 0 amide bonds. The van der Waals surface area contributed by atoms with Crippen LogP contribution in [0.25, 0.3) is 0 Å². The standard InChI is InChI=1S/C16H29N3OS/c1-8-17-11(2)13-12(3)18-14(21-13)19-9-15(4,5)20-16(6,7)10-19/h11,17H,8-10H2,1-7H3. The molecule has 1 fully saturated rings. The Morgan fingerprint density at radius 3 is 2.38 bits per heavy atom. The molecule has 0 aromatic carbocycles. The number of hydrogen-bond donors (Lipinski definition) is 1. The van der Waals surface area contributed by atoms with Gasteiger partial charge in [0.05, 0.1) is 16.9 Å². The minimum absolute atomic E-state index is 0.144. The lowest BCUT2D eigenvalue weighted by atomic mass is 9.99. The zero-order valence-electron chi connectivity index (χ0n) is 14.4. The number of aryl methyl sites for hydroxylation is 1. The third-order valence-corrected chi connectivity index (χ3v) is 5.09. The van der Waals surface area contributed by atoms with Crippen LogP contribution in [0.4, 0.5) is 5.13 Å². The second-order valence-electron chi connectivity index (χ2n) is 7.20. The van der Waals surface area contributed by atoms with Gasteiger partial charge in [0.15, 0.2) is 5.13 Å². The molecule has 1 saturated heterocycles. The van der Waals surface area contributed by atoms with Gasteiger partial charge in [-0.3, -0.25) is 0 Å². The molecular formula is C16H29N3OS. The molecule has 1 N–H and O–H groups in total. The molecular weight excluding hydrogens is 282 g/mol. The summed E-state index contributed by atoms with van der Waals surface area (Å²) in [6, 6.07) is 0.364. The van der Waals surface area contributed by atoms with Gasteiger partial charge in [-0.05, 0) is 48.1 Å². The summed E-state index contributed by atoms with van der Waals surface area (Å²) in [6.45, 7) is 17.8. The first-order valence-corrected chi connectivity index (χ1v) is 8.61. The fourth-order valence-corrected chi connectivity index (χ4v) is 4.34. The van der Waals surface area contributed by atoms with E-state index in [-0.39, 0.29) is 11.2 Å². The van der Waals surface area contributed by atoms with Crippen LogP contribution in [0.1, 0.15) is 58.2 Å². The summed E-state index contributed by atoms with van der Waals surface area (Å²) in [7, 11) is 0. The van der Waals surface area contributed by atoms with E-state index in [1.165, 1.54) is 4.88 Å². The molecule has 0 bridgehead atoms. The zero-order valence-corrected chi connectivity index (χ0v) is 15.2. The Morgan fingerprint density at radius 1 is 1.29 bits per heavy atom. The van der Waals surface area contributed by atoms with Gasteiger partial charge < -0.3 is 15.0 Å². The Morgan fingerprint density at radius 2 is 1.86 bits per heavy atom. The molecule has 0 saturated carbocycles. The van der Waals surface area contributed by atoms with E-state index in [2.05, 4.69) is 58.7 Å². The van der Waals surface area contributed by atoms with Crippen molar-refractivity contribution in [1.29, 1.82) is 0 Å². The Hall–Kier alpha value is -0.650. The van der Waals surface area contributed by atoms with Gasteiger partial charge in [0.2, 0.25) is 0 Å². The van der Waals surface area contributed by atoms with Gasteiger partial charge in [-0.15, -0.1) is 11.3 Å². The summed E-state index contributed by atoms with van der Waals surface area (Å²) in [5.74, 6) is 0. The summed E-state index contributed by atoms with van der Waals surface area (Å²) >= 11 is 1.81. The fourth-order valence-electron chi connectivity index (χ4n) is 3.25. The maximum atomic E-state index is 6.16. The molecule has 1 aliphatic heterocycles. The number of thiazole rings is 1. The average Bonchev–Trinajstić information content (AvgIpc) is 2.67. The molecule has 1 atom stereocenters. The van der Waals surface area contributed by atoms with Gasteiger partial charge in [0, 0.05) is 24.0 Å². The second kappa shape index (κ2) is 5.86. The van der Waals surface area contributed by atoms with E-state index in [0.717, 1.165) is 30.5 Å². The van der Waals surface area contributed by atoms with Crippen LogP contribution in [0.3, 0.4) is 0 Å². The third kappa shape index (κ3) is 3.96. The van der Waals surface area contributed by atoms with Crippen molar-refractivity contribution in [3.8, 4) is 0 Å². The minimum Gasteiger partial charge on any atom is -0.366 e. The van der Waals surface area contributed by atoms with Crippen molar-refractivity contribution in [1.82, 2.24) is 10.3 Å². The van der Waals surface area contributed by atoms with Crippen LogP contribution >= 0.6 is 11.3 Å². The molecule has 2 rings (SSSR count). The normalized spacial score (nSPS) is 22.3. The van der Waals surface area contributed by atoms with Crippen LogP contribution in [0, 0.1) is 6.92 Å². The van der Waals surface area contributed by atoms with Gasteiger partial charge >= 0.3 is 0 Å². The van der Waals surface area contributed by atoms with Gasteiger partial charge in [0.1, 0.15) is 0 Å². The SMILES string of the molecule is CCNC(C)c1sc(N2CC(C)(C)OC(C)(C)C2)nc1C. The largest absolute Gasteiger partial charge is 0.366 e. The Bertz CT molecular complexity index is 480. The molecule has 0 aliphatic carbocycles. The summed E-state index contributed by atoms with van der Waals surface area (Å²) in [5.41, 5.74) is 0.856. The molecule has 5 heteroatoms. The van der Waals surface area contributed by atoms with E-state index in [1.54, 1.807) is 0 Å². The smallest absolute Gasteiger partial charge is 0.186 e. The van der Waals surface area contributed by atoms with E-state index >= 15 is 0 Å². The Kier molecular flexibility index (Phi) is 4.66. The van der Waals surface area contributed by atoms with Crippen molar-refractivity contribution in [2.45, 2.75) is 65.7 Å². The number of hydrogen-bond acceptors (Lipinski definition) is 5. The molecule has 2 heterocycles. The first-order chi connectivity index (χ1) is 9.63. The van der Waals surface area contributed by atoms with Gasteiger partial charge in [-0.1, -0.05) is 6.92 Å². The van der Waals surface area contributed by atoms with Crippen LogP contribution in [-0.4, -0.2) is 35.8 Å². The highest BCUT2D eigenvalue weighted by Gasteiger charge is 2.39. The second-order valence-corrected chi connectivity index (χ2v) is 8.21. The molecule has 0 radical (unpaired) electrons. The van der Waals surface area contributed by atoms with Crippen molar-refractivity contribution in [3.63, 3.8) is 0 Å². The summed E-state index contributed by atoms with van der Waals surface area (Å²) in [5, 5.41) is 4.60. The number of rotatable bonds is 4. The minimum atomic E-state index is -0.144. The molecule has 1 unspecified atom stereocenters. The predicted octanol–water partition coefficient (Wildman–Crippen LogP) is 3.52. The number of anilines is 1. The Labute approximate surface area is 132 Å². The van der Waals surface area contributed by atoms with E-state index in [4.69, 9.17) is 9.72 Å². The lowest BCUT2D eigenvalue weighted by Crippen LogP contribution is -2.57. The van der Waals surface area contributed by atoms with Crippen molar-refractivity contribution in [3.05, 3.63) is 10.6 Å². The molecule has 1 aromatic rings. The van der Waals surface area contributed by atoms with Crippen molar-refractivity contribution >= 4 is 16.5 Å². The first kappa shape index (κ1) is 16.7. The first-order valence-electron chi connectivity index (χ1n) is 7.79. The molecule has 21 heavy (non-hydrogen) atoms. The topological polar surface area (TPSA) is 37.4 Å². The van der Waals surface area contributed by atoms with E-state index in [9.17, 15) is 0 Å². The highest BCUT2D eigenvalue weighted by molar-refractivity contribution is 7.15. The predicted molar refractivity (Wildman–Crippen MR) is 90.4 cm³/mol. The highest BCUT2D eigenvalue weighted by Crippen LogP contribution is 2.36. The number of nitrogens with one attached hydrogen (secondary N) is 1. The fraction of sp³-hybridized carbons (Fsp3) is 0.812. The van der Waals surface area contributed by atoms with Crippen molar-refractivity contribution < 1.29 is 4.74 Å². The number of nitrogens with zero attached hydrogens (tertiary/aromatic N) is 2. The molecule has 120 valence electrons. The van der Waals surface area contributed by atoms with Crippen LogP contribution in [0.5, 0.6) is 0 Å². The summed E-state index contributed by atoms with van der Waals surface area (Å²) in [4.78, 5) is 8.54. The maximum Gasteiger partial charge on any atom is 0.186 e. The van der Waals surface area contributed by atoms with Gasteiger partial charge in [-0.2, -0.15) is 0 Å². The molecule has 1 aromatic heterocycles. The summed E-state index contributed by atoms with van der Waals surface area (Å²) < 4.78 is 6.16. The third-order valence-electron chi connectivity index (χ3n) is 3.69. The maximum absolute atomic E-state index is 6.16. The van der Waals surface area contributed by atoms with Gasteiger partial charge in [-0.25, -0.2) is 4.98 Å². The molecule has 1 aliphatic rings. The van der Waals surface area contributed by atoms with Crippen LogP contribution < -0.4 is 10.2 Å². The Balaban J connectivity index is 2.24. The number of morpholine rings is 1. The highest BCUT2D eigenvalue weighted by atomic mass is 32.1. The van der Waals surface area contributed by atoms with E-state index < -0.39 is 0 Å². The van der Waals surface area contributed by atoms with Crippen LogP contribution in [-0.2, 0) is 4.74 Å². The monoisotopic (exact) mass is 311 g/mol. The number of ether oxygens (including phenoxy) is 1. The molecule has 0 spiro atoms. The van der Waals surface area contributed by atoms with Crippen LogP contribution in [0.2, 0.25) is 0 Å². The van der Waals surface area contributed by atoms with Crippen molar-refractivity contribution in [2.24, 2.45) is 0 Å². The zero-order chi connectivity index (χ0) is 15.8. The average molecular weight is 311 g/mol. The van der Waals surface area contributed by atoms with E-state index in [1.807, 2.05) is 11.3 Å². The lowest BCUT2D eigenvalue weighted by Gasteiger charge is -2.47. The summed E-state index contributed by atoms with van der Waals surface area (Å²) in [6.07, 6.45) is 0. The number of aromatic nitrogens is 1. The molecule has 4 nitrogen and oxygen atoms in total. The van der Waals surface area contributed by atoms with Crippen molar-refractivity contribution in [2.75, 3.05) is 24.5 Å². The van der Waals surface area contributed by atoms with Crippen LogP contribution in [0.15, 0.2) is 0 Å². The van der Waals surface area contributed by atoms with Gasteiger partial charge in [0.25, 0.3) is 0 Å². The van der Waals surface area contributed by atoms with E-state index in [0.29, 0.717) is 6.04 Å². The lowest BCUT2D eigenvalue weighted by molar-refractivity contribution is -0.133. The quantitative estimate of drug-likeness (QED) is 0.923.